The number of benzene rings is 1. The van der Waals surface area contributed by atoms with Crippen molar-refractivity contribution in [2.24, 2.45) is 0 Å². The highest BCUT2D eigenvalue weighted by Gasteiger charge is 2.39. The molecule has 2 amide bonds. The van der Waals surface area contributed by atoms with Gasteiger partial charge in [-0.2, -0.15) is 10.1 Å². The lowest BCUT2D eigenvalue weighted by Gasteiger charge is -2.27. The Labute approximate surface area is 215 Å². The number of nitrogens with zero attached hydrogens (tertiary/aromatic N) is 5. The molecule has 2 aliphatic rings. The minimum absolute atomic E-state index is 0.0472. The van der Waals surface area contributed by atoms with E-state index in [1.807, 2.05) is 39.8 Å². The molecule has 192 valence electrons. The van der Waals surface area contributed by atoms with E-state index in [1.54, 1.807) is 21.7 Å². The van der Waals surface area contributed by atoms with Crippen molar-refractivity contribution in [1.82, 2.24) is 24.6 Å². The number of rotatable bonds is 5. The second-order valence-corrected chi connectivity index (χ2v) is 11.9. The first kappa shape index (κ1) is 24.9. The second kappa shape index (κ2) is 9.57. The Kier molecular flexibility index (Phi) is 6.61. The van der Waals surface area contributed by atoms with Crippen LogP contribution in [0.15, 0.2) is 24.3 Å². The second-order valence-electron chi connectivity index (χ2n) is 10.9. The maximum absolute atomic E-state index is 13.8. The van der Waals surface area contributed by atoms with Crippen molar-refractivity contribution in [3.8, 4) is 0 Å². The summed E-state index contributed by atoms with van der Waals surface area (Å²) in [7, 11) is 0. The Morgan fingerprint density at radius 3 is 2.53 bits per heavy atom. The summed E-state index contributed by atoms with van der Waals surface area (Å²) in [5.41, 5.74) is 2.11. The van der Waals surface area contributed by atoms with Gasteiger partial charge in [0.25, 0.3) is 11.8 Å². The van der Waals surface area contributed by atoms with Gasteiger partial charge in [0.05, 0.1) is 11.6 Å². The summed E-state index contributed by atoms with van der Waals surface area (Å²) in [4.78, 5) is 35.5. The maximum atomic E-state index is 13.8. The fourth-order valence-corrected chi connectivity index (χ4v) is 5.97. The SMILES string of the molecule is Cc1ccc(C(=O)Nc2nc3c(s2)c(C(=O)N2C[C@@H](O)C[C@H]2CN2CCCC2)nn3C(C)(C)C)cc1. The van der Waals surface area contributed by atoms with Crippen molar-refractivity contribution in [2.75, 3.05) is 31.5 Å². The molecule has 2 N–H and O–H groups in total. The zero-order valence-corrected chi connectivity index (χ0v) is 22.1. The van der Waals surface area contributed by atoms with E-state index in [-0.39, 0.29) is 17.9 Å². The molecule has 0 bridgehead atoms. The van der Waals surface area contributed by atoms with Crippen LogP contribution in [-0.2, 0) is 5.54 Å². The Morgan fingerprint density at radius 2 is 1.86 bits per heavy atom. The van der Waals surface area contributed by atoms with Gasteiger partial charge in [-0.3, -0.25) is 14.9 Å². The van der Waals surface area contributed by atoms with Gasteiger partial charge >= 0.3 is 0 Å². The molecule has 2 aromatic heterocycles. The number of fused-ring (bicyclic) bond motifs is 1. The number of aliphatic hydroxyl groups is 1. The van der Waals surface area contributed by atoms with Crippen LogP contribution in [0.25, 0.3) is 10.3 Å². The third-order valence-electron chi connectivity index (χ3n) is 6.92. The number of β-amino-alcohol motifs (C(OH)–C–C–N with tert-alkyl or cyclic N) is 1. The summed E-state index contributed by atoms with van der Waals surface area (Å²) in [6.45, 7) is 11.1. The van der Waals surface area contributed by atoms with Gasteiger partial charge in [-0.05, 0) is 72.2 Å². The Bertz CT molecular complexity index is 1270. The van der Waals surface area contributed by atoms with Gasteiger partial charge in [-0.25, -0.2) is 4.68 Å². The van der Waals surface area contributed by atoms with E-state index < -0.39 is 11.6 Å². The van der Waals surface area contributed by atoms with E-state index >= 15 is 0 Å². The number of thiazole rings is 1. The number of carbonyl (C=O) groups is 2. The molecule has 2 fully saturated rings. The smallest absolute Gasteiger partial charge is 0.276 e. The predicted molar refractivity (Wildman–Crippen MR) is 141 cm³/mol. The molecule has 2 aliphatic heterocycles. The number of anilines is 1. The number of carbonyl (C=O) groups excluding carboxylic acids is 2. The molecule has 5 rings (SSSR count). The average molecular weight is 511 g/mol. The summed E-state index contributed by atoms with van der Waals surface area (Å²) in [5, 5.41) is 18.4. The number of aliphatic hydroxyl groups excluding tert-OH is 1. The molecule has 9 nitrogen and oxygen atoms in total. The third-order valence-corrected chi connectivity index (χ3v) is 7.88. The lowest BCUT2D eigenvalue weighted by atomic mass is 10.1. The van der Waals surface area contributed by atoms with Gasteiger partial charge in [0.15, 0.2) is 16.5 Å². The van der Waals surface area contributed by atoms with Gasteiger partial charge < -0.3 is 14.9 Å². The molecule has 2 atom stereocenters. The van der Waals surface area contributed by atoms with Crippen LogP contribution in [0.5, 0.6) is 0 Å². The van der Waals surface area contributed by atoms with Crippen molar-refractivity contribution in [3.63, 3.8) is 0 Å². The number of nitrogens with one attached hydrogen (secondary N) is 1. The summed E-state index contributed by atoms with van der Waals surface area (Å²) in [6, 6.07) is 7.30. The molecule has 3 aromatic rings. The summed E-state index contributed by atoms with van der Waals surface area (Å²) < 4.78 is 2.41. The first-order valence-electron chi connectivity index (χ1n) is 12.6. The Hall–Kier alpha value is -2.82. The van der Waals surface area contributed by atoms with Crippen molar-refractivity contribution >= 4 is 38.6 Å². The molecule has 36 heavy (non-hydrogen) atoms. The molecule has 0 spiro atoms. The first-order valence-corrected chi connectivity index (χ1v) is 13.4. The maximum Gasteiger partial charge on any atom is 0.276 e. The van der Waals surface area contributed by atoms with Gasteiger partial charge in [0.1, 0.15) is 4.70 Å². The average Bonchev–Trinajstić information content (AvgIpc) is 3.58. The van der Waals surface area contributed by atoms with Crippen LogP contribution >= 0.6 is 11.3 Å². The van der Waals surface area contributed by atoms with E-state index in [4.69, 9.17) is 5.10 Å². The highest BCUT2D eigenvalue weighted by molar-refractivity contribution is 7.22. The van der Waals surface area contributed by atoms with E-state index in [0.717, 1.165) is 25.2 Å². The van der Waals surface area contributed by atoms with Crippen LogP contribution in [0.3, 0.4) is 0 Å². The van der Waals surface area contributed by atoms with E-state index in [0.29, 0.717) is 39.7 Å². The molecule has 0 aliphatic carbocycles. The molecule has 2 saturated heterocycles. The van der Waals surface area contributed by atoms with Gasteiger partial charge in [-0.1, -0.05) is 29.0 Å². The number of hydrogen-bond donors (Lipinski definition) is 2. The standard InChI is InChI=1S/C26H34N6O3S/c1-16-7-9-17(10-8-16)23(34)28-25-27-22-21(36-25)20(29-32(22)26(2,3)4)24(35)31-15-19(33)13-18(31)14-30-11-5-6-12-30/h7-10,18-19,33H,5-6,11-15H2,1-4H3,(H,27,28,34)/t18-,19-/m0/s1. The van der Waals surface area contributed by atoms with Crippen LogP contribution in [0, 0.1) is 6.92 Å². The number of aryl methyl sites for hydroxylation is 1. The number of likely N-dealkylation sites (tertiary alicyclic amines) is 2. The molecular weight excluding hydrogens is 476 g/mol. The highest BCUT2D eigenvalue weighted by atomic mass is 32.1. The Balaban J connectivity index is 1.46. The third kappa shape index (κ3) is 4.89. The topological polar surface area (TPSA) is 104 Å². The first-order chi connectivity index (χ1) is 17.1. The largest absolute Gasteiger partial charge is 0.391 e. The molecule has 0 radical (unpaired) electrons. The summed E-state index contributed by atoms with van der Waals surface area (Å²) in [6.07, 6.45) is 2.40. The van der Waals surface area contributed by atoms with Gasteiger partial charge in [0.2, 0.25) is 0 Å². The molecule has 0 unspecified atom stereocenters. The van der Waals surface area contributed by atoms with Crippen molar-refractivity contribution in [3.05, 3.63) is 41.1 Å². The number of amides is 2. The molecule has 0 saturated carbocycles. The Morgan fingerprint density at radius 1 is 1.17 bits per heavy atom. The monoisotopic (exact) mass is 510 g/mol. The van der Waals surface area contributed by atoms with Crippen molar-refractivity contribution < 1.29 is 14.7 Å². The van der Waals surface area contributed by atoms with E-state index in [1.165, 1.54) is 24.2 Å². The number of aromatic nitrogens is 3. The fourth-order valence-electron chi connectivity index (χ4n) is 5.05. The molecule has 4 heterocycles. The zero-order valence-electron chi connectivity index (χ0n) is 21.3. The lowest BCUT2D eigenvalue weighted by molar-refractivity contribution is 0.0686. The summed E-state index contributed by atoms with van der Waals surface area (Å²) in [5.74, 6) is -0.438. The van der Waals surface area contributed by atoms with Crippen molar-refractivity contribution in [2.45, 2.75) is 64.6 Å². The molecule has 1 aromatic carbocycles. The van der Waals surface area contributed by atoms with Gasteiger partial charge in [0, 0.05) is 24.7 Å². The quantitative estimate of drug-likeness (QED) is 0.545. The van der Waals surface area contributed by atoms with Crippen LogP contribution in [-0.4, -0.2) is 79.8 Å². The lowest BCUT2D eigenvalue weighted by Crippen LogP contribution is -2.43. The van der Waals surface area contributed by atoms with Gasteiger partial charge in [-0.15, -0.1) is 0 Å². The fraction of sp³-hybridized carbons (Fsp3) is 0.538. The van der Waals surface area contributed by atoms with E-state index in [9.17, 15) is 14.7 Å². The highest BCUT2D eigenvalue weighted by Crippen LogP contribution is 2.34. The normalized spacial score (nSPS) is 21.0. The predicted octanol–water partition coefficient (Wildman–Crippen LogP) is 3.48. The molecule has 10 heteroatoms. The summed E-state index contributed by atoms with van der Waals surface area (Å²) >= 11 is 1.26. The minimum atomic E-state index is -0.535. The van der Waals surface area contributed by atoms with Crippen LogP contribution in [0.1, 0.15) is 66.4 Å². The van der Waals surface area contributed by atoms with Crippen LogP contribution in [0.2, 0.25) is 0 Å². The van der Waals surface area contributed by atoms with Crippen molar-refractivity contribution in [1.29, 1.82) is 0 Å². The molecular formula is C26H34N6O3S. The van der Waals surface area contributed by atoms with Crippen LogP contribution < -0.4 is 5.32 Å². The minimum Gasteiger partial charge on any atom is -0.391 e. The zero-order chi connectivity index (χ0) is 25.6. The van der Waals surface area contributed by atoms with E-state index in [2.05, 4.69) is 15.2 Å². The number of hydrogen-bond acceptors (Lipinski definition) is 7. The van der Waals surface area contributed by atoms with Crippen LogP contribution in [0.4, 0.5) is 5.13 Å².